The first-order chi connectivity index (χ1) is 13.5. The van der Waals surface area contributed by atoms with Crippen LogP contribution >= 0.6 is 15.9 Å². The number of ketones is 1. The Bertz CT molecular complexity index is 952. The van der Waals surface area contributed by atoms with Crippen LogP contribution in [-0.4, -0.2) is 17.6 Å². The number of hydrogen-bond donors (Lipinski definition) is 0. The lowest BCUT2D eigenvalue weighted by molar-refractivity contribution is -0.122. The molecule has 1 aliphatic heterocycles. The molecule has 28 heavy (non-hydrogen) atoms. The lowest BCUT2D eigenvalue weighted by Gasteiger charge is -2.29. The van der Waals surface area contributed by atoms with Crippen LogP contribution in [0.1, 0.15) is 23.7 Å². The van der Waals surface area contributed by atoms with Crippen LogP contribution in [0.25, 0.3) is 0 Å². The maximum atomic E-state index is 13.3. The molecule has 0 aromatic heterocycles. The number of hydrogen-bond acceptors (Lipinski definition) is 3. The summed E-state index contributed by atoms with van der Waals surface area (Å²) >= 11 is 3.38. The predicted molar refractivity (Wildman–Crippen MR) is 111 cm³/mol. The Kier molecular flexibility index (Phi) is 5.02. The lowest BCUT2D eigenvalue weighted by Crippen LogP contribution is -2.33. The van der Waals surface area contributed by atoms with Gasteiger partial charge in [-0.3, -0.25) is 19.3 Å². The van der Waals surface area contributed by atoms with E-state index >= 15 is 0 Å². The highest BCUT2D eigenvalue weighted by Crippen LogP contribution is 2.44. The predicted octanol–water partition coefficient (Wildman–Crippen LogP) is 4.65. The molecule has 1 heterocycles. The molecular weight excluding hydrogens is 418 g/mol. The molecule has 4 rings (SSSR count). The fraction of sp³-hybridized carbons (Fsp3) is 0.261. The number of benzene rings is 2. The number of amides is 2. The van der Waals surface area contributed by atoms with Gasteiger partial charge in [0.05, 0.1) is 17.5 Å². The normalized spacial score (nSPS) is 26.4. The van der Waals surface area contributed by atoms with Crippen LogP contribution < -0.4 is 4.90 Å². The summed E-state index contributed by atoms with van der Waals surface area (Å²) in [5.41, 5.74) is 1.21. The second kappa shape index (κ2) is 7.47. The van der Waals surface area contributed by atoms with Crippen LogP contribution in [0.5, 0.6) is 0 Å². The summed E-state index contributed by atoms with van der Waals surface area (Å²) in [7, 11) is 0. The van der Waals surface area contributed by atoms with E-state index in [2.05, 4.69) is 15.9 Å². The van der Waals surface area contributed by atoms with Gasteiger partial charge in [-0.15, -0.1) is 0 Å². The Morgan fingerprint density at radius 1 is 0.929 bits per heavy atom. The van der Waals surface area contributed by atoms with Crippen LogP contribution in [0.15, 0.2) is 71.2 Å². The molecule has 5 heteroatoms. The third-order valence-electron chi connectivity index (χ3n) is 5.69. The van der Waals surface area contributed by atoms with Gasteiger partial charge in [0.15, 0.2) is 5.78 Å². The Hall–Kier alpha value is -2.53. The van der Waals surface area contributed by atoms with E-state index in [4.69, 9.17) is 0 Å². The van der Waals surface area contributed by atoms with Gasteiger partial charge in [0.1, 0.15) is 0 Å². The van der Waals surface area contributed by atoms with Gasteiger partial charge >= 0.3 is 0 Å². The third kappa shape index (κ3) is 3.24. The molecule has 4 nitrogen and oxygen atoms in total. The lowest BCUT2D eigenvalue weighted by atomic mass is 9.70. The molecule has 2 aromatic rings. The molecule has 0 saturated carbocycles. The third-order valence-corrected chi connectivity index (χ3v) is 6.22. The average Bonchev–Trinajstić information content (AvgIpc) is 2.97. The highest BCUT2D eigenvalue weighted by Gasteiger charge is 2.54. The molecule has 2 aliphatic rings. The minimum atomic E-state index is -0.496. The van der Waals surface area contributed by atoms with Crippen molar-refractivity contribution in [3.63, 3.8) is 0 Å². The Labute approximate surface area is 172 Å². The summed E-state index contributed by atoms with van der Waals surface area (Å²) in [4.78, 5) is 40.4. The topological polar surface area (TPSA) is 54.5 Å². The van der Waals surface area contributed by atoms with E-state index in [0.717, 1.165) is 4.47 Å². The van der Waals surface area contributed by atoms with Crippen molar-refractivity contribution in [3.05, 3.63) is 76.8 Å². The SMILES string of the molecule is C[C@@H]1C=C[C@H](CC(=O)c2ccccc2)C2C(=O)N(c3ccc(Br)cc3)C(=O)C21. The molecule has 2 amide bonds. The van der Waals surface area contributed by atoms with Gasteiger partial charge in [-0.25, -0.2) is 0 Å². The van der Waals surface area contributed by atoms with Gasteiger partial charge in [-0.05, 0) is 36.1 Å². The van der Waals surface area contributed by atoms with Crippen molar-refractivity contribution < 1.29 is 14.4 Å². The molecule has 142 valence electrons. The number of imide groups is 1. The zero-order chi connectivity index (χ0) is 19.8. The Balaban J connectivity index is 1.64. The number of halogens is 1. The summed E-state index contributed by atoms with van der Waals surface area (Å²) in [6.45, 7) is 1.96. The minimum Gasteiger partial charge on any atom is -0.294 e. The van der Waals surface area contributed by atoms with Crippen molar-refractivity contribution in [2.75, 3.05) is 4.90 Å². The van der Waals surface area contributed by atoms with Gasteiger partial charge in [0.25, 0.3) is 0 Å². The number of nitrogens with zero attached hydrogens (tertiary/aromatic N) is 1. The fourth-order valence-electron chi connectivity index (χ4n) is 4.27. The quantitative estimate of drug-likeness (QED) is 0.397. The minimum absolute atomic E-state index is 0.00843. The molecule has 2 aromatic carbocycles. The van der Waals surface area contributed by atoms with Crippen molar-refractivity contribution >= 4 is 39.2 Å². The molecule has 0 radical (unpaired) electrons. The monoisotopic (exact) mass is 437 g/mol. The van der Waals surface area contributed by atoms with E-state index in [0.29, 0.717) is 11.3 Å². The molecule has 4 atom stereocenters. The molecular formula is C23H20BrNO3. The van der Waals surface area contributed by atoms with Crippen LogP contribution in [0.3, 0.4) is 0 Å². The van der Waals surface area contributed by atoms with Gasteiger partial charge < -0.3 is 0 Å². The second-order valence-electron chi connectivity index (χ2n) is 7.44. The highest BCUT2D eigenvalue weighted by atomic mass is 79.9. The first-order valence-electron chi connectivity index (χ1n) is 9.37. The summed E-state index contributed by atoms with van der Waals surface area (Å²) in [6, 6.07) is 16.2. The van der Waals surface area contributed by atoms with Crippen molar-refractivity contribution in [2.24, 2.45) is 23.7 Å². The van der Waals surface area contributed by atoms with Gasteiger partial charge in [0.2, 0.25) is 11.8 Å². The van der Waals surface area contributed by atoms with Crippen LogP contribution in [-0.2, 0) is 9.59 Å². The molecule has 1 fully saturated rings. The van der Waals surface area contributed by atoms with Crippen molar-refractivity contribution in [1.29, 1.82) is 0 Å². The first-order valence-corrected chi connectivity index (χ1v) is 10.2. The smallest absolute Gasteiger partial charge is 0.238 e. The second-order valence-corrected chi connectivity index (χ2v) is 8.36. The first kappa shape index (κ1) is 18.8. The Morgan fingerprint density at radius 2 is 1.57 bits per heavy atom. The number of allylic oxidation sites excluding steroid dienone is 2. The zero-order valence-corrected chi connectivity index (χ0v) is 17.0. The molecule has 1 saturated heterocycles. The molecule has 1 aliphatic carbocycles. The number of carbonyl (C=O) groups is 3. The molecule has 2 unspecified atom stereocenters. The van der Waals surface area contributed by atoms with Crippen LogP contribution in [0.4, 0.5) is 5.69 Å². The highest BCUT2D eigenvalue weighted by molar-refractivity contribution is 9.10. The van der Waals surface area contributed by atoms with E-state index in [1.807, 2.05) is 49.4 Å². The number of carbonyl (C=O) groups excluding carboxylic acids is 3. The number of anilines is 1. The summed E-state index contributed by atoms with van der Waals surface area (Å²) < 4.78 is 0.883. The molecule has 0 N–H and O–H groups in total. The van der Waals surface area contributed by atoms with E-state index in [-0.39, 0.29) is 35.9 Å². The van der Waals surface area contributed by atoms with Crippen molar-refractivity contribution in [3.8, 4) is 0 Å². The van der Waals surface area contributed by atoms with Crippen LogP contribution in [0.2, 0.25) is 0 Å². The van der Waals surface area contributed by atoms with E-state index in [9.17, 15) is 14.4 Å². The number of Topliss-reactive ketones (excluding diaryl/α,β-unsaturated/α-hetero) is 1. The molecule has 0 spiro atoms. The maximum absolute atomic E-state index is 13.3. The Morgan fingerprint density at radius 3 is 2.25 bits per heavy atom. The van der Waals surface area contributed by atoms with E-state index in [1.54, 1.807) is 24.3 Å². The van der Waals surface area contributed by atoms with Gasteiger partial charge in [0, 0.05) is 16.5 Å². The zero-order valence-electron chi connectivity index (χ0n) is 15.4. The summed E-state index contributed by atoms with van der Waals surface area (Å²) in [5.74, 6) is -1.62. The van der Waals surface area contributed by atoms with E-state index < -0.39 is 11.8 Å². The molecule has 0 bridgehead atoms. The standard InChI is InChI=1S/C23H20BrNO3/c1-14-7-8-16(13-19(26)15-5-3-2-4-6-15)21-20(14)22(27)25(23(21)28)18-11-9-17(24)10-12-18/h2-12,14,16,20-21H,13H2,1H3/t14-,16-,20?,21?/m1/s1. The fourth-order valence-corrected chi connectivity index (χ4v) is 4.53. The van der Waals surface area contributed by atoms with E-state index in [1.165, 1.54) is 4.90 Å². The average molecular weight is 438 g/mol. The van der Waals surface area contributed by atoms with Crippen LogP contribution in [0, 0.1) is 23.7 Å². The summed E-state index contributed by atoms with van der Waals surface area (Å²) in [6.07, 6.45) is 4.14. The summed E-state index contributed by atoms with van der Waals surface area (Å²) in [5, 5.41) is 0. The van der Waals surface area contributed by atoms with Gasteiger partial charge in [-0.2, -0.15) is 0 Å². The number of rotatable bonds is 4. The van der Waals surface area contributed by atoms with Crippen molar-refractivity contribution in [2.45, 2.75) is 13.3 Å². The number of fused-ring (bicyclic) bond motifs is 1. The van der Waals surface area contributed by atoms with Crippen molar-refractivity contribution in [1.82, 2.24) is 0 Å². The maximum Gasteiger partial charge on any atom is 0.238 e. The largest absolute Gasteiger partial charge is 0.294 e. The van der Waals surface area contributed by atoms with Gasteiger partial charge in [-0.1, -0.05) is 65.3 Å².